The van der Waals surface area contributed by atoms with Gasteiger partial charge in [0.05, 0.1) is 18.0 Å². The normalized spacial score (nSPS) is 12.3. The van der Waals surface area contributed by atoms with Gasteiger partial charge in [0.25, 0.3) is 0 Å². The monoisotopic (exact) mass is 205 g/mol. The van der Waals surface area contributed by atoms with Crippen molar-refractivity contribution in [2.45, 2.75) is 39.2 Å². The van der Waals surface area contributed by atoms with E-state index < -0.39 is 0 Å². The lowest BCUT2D eigenvalue weighted by Crippen LogP contribution is -2.16. The van der Waals surface area contributed by atoms with Crippen LogP contribution in [0, 0.1) is 0 Å². The molecule has 1 aromatic rings. The van der Waals surface area contributed by atoms with E-state index in [1.54, 1.807) is 0 Å². The van der Waals surface area contributed by atoms with Crippen molar-refractivity contribution in [3.05, 3.63) is 41.7 Å². The summed E-state index contributed by atoms with van der Waals surface area (Å²) in [5, 5.41) is 9.02. The van der Waals surface area contributed by atoms with E-state index in [2.05, 4.69) is 37.9 Å². The second kappa shape index (κ2) is 5.08. The van der Waals surface area contributed by atoms with Crippen LogP contribution in [0.2, 0.25) is 0 Å². The van der Waals surface area contributed by atoms with E-state index in [0.29, 0.717) is 0 Å². The molecule has 0 aliphatic rings. The summed E-state index contributed by atoms with van der Waals surface area (Å²) in [6, 6.07) is 5.78. The highest BCUT2D eigenvalue weighted by molar-refractivity contribution is 5.23. The number of nitrogens with zero attached hydrogens (tertiary/aromatic N) is 1. The zero-order chi connectivity index (χ0) is 11.3. The summed E-state index contributed by atoms with van der Waals surface area (Å²) >= 11 is 0. The Labute approximate surface area is 91.7 Å². The molecule has 1 rings (SSSR count). The minimum atomic E-state index is -0.0683. The summed E-state index contributed by atoms with van der Waals surface area (Å²) in [4.78, 5) is 4.41. The Kier molecular flexibility index (Phi) is 4.04. The molecule has 0 bridgehead atoms. The third-order valence-corrected chi connectivity index (χ3v) is 2.40. The molecule has 0 aromatic carbocycles. The molecular weight excluding hydrogens is 186 g/mol. The van der Waals surface area contributed by atoms with Crippen LogP contribution < -0.4 is 0 Å². The maximum atomic E-state index is 9.02. The topological polar surface area (TPSA) is 33.1 Å². The van der Waals surface area contributed by atoms with Crippen LogP contribution in [-0.2, 0) is 12.0 Å². The summed E-state index contributed by atoms with van der Waals surface area (Å²) in [6.45, 7) is 6.37. The van der Waals surface area contributed by atoms with Crippen molar-refractivity contribution in [3.63, 3.8) is 0 Å². The molecule has 0 unspecified atom stereocenters. The molecule has 0 atom stereocenters. The van der Waals surface area contributed by atoms with E-state index in [1.807, 2.05) is 18.2 Å². The van der Waals surface area contributed by atoms with Gasteiger partial charge in [0.1, 0.15) is 0 Å². The number of aromatic nitrogens is 1. The van der Waals surface area contributed by atoms with E-state index in [9.17, 15) is 0 Å². The molecule has 1 heterocycles. The van der Waals surface area contributed by atoms with Gasteiger partial charge in [-0.05, 0) is 18.6 Å². The summed E-state index contributed by atoms with van der Waals surface area (Å²) in [7, 11) is 0. The quantitative estimate of drug-likeness (QED) is 0.767. The lowest BCUT2D eigenvalue weighted by atomic mass is 9.88. The Morgan fingerprint density at radius 2 is 2.13 bits per heavy atom. The number of hydrogen-bond acceptors (Lipinski definition) is 2. The summed E-state index contributed by atoms with van der Waals surface area (Å²) in [5.74, 6) is 0. The molecule has 0 radical (unpaired) electrons. The fraction of sp³-hybridized carbons (Fsp3) is 0.462. The van der Waals surface area contributed by atoms with Gasteiger partial charge in [-0.2, -0.15) is 0 Å². The first-order valence-corrected chi connectivity index (χ1v) is 5.35. The van der Waals surface area contributed by atoms with Crippen LogP contribution >= 0.6 is 0 Å². The van der Waals surface area contributed by atoms with Crippen LogP contribution in [0.15, 0.2) is 30.4 Å². The van der Waals surface area contributed by atoms with E-state index in [1.165, 1.54) is 0 Å². The van der Waals surface area contributed by atoms with Gasteiger partial charge in [-0.15, -0.1) is 0 Å². The smallest absolute Gasteiger partial charge is 0.0853 e. The number of hydrogen-bond donors (Lipinski definition) is 1. The molecule has 2 nitrogen and oxygen atoms in total. The van der Waals surface area contributed by atoms with Gasteiger partial charge >= 0.3 is 0 Å². The Morgan fingerprint density at radius 3 is 2.73 bits per heavy atom. The predicted molar refractivity (Wildman–Crippen MR) is 62.6 cm³/mol. The molecule has 0 saturated carbocycles. The molecule has 0 aliphatic heterocycles. The second-order valence-corrected chi connectivity index (χ2v) is 4.20. The number of pyridine rings is 1. The van der Waals surface area contributed by atoms with E-state index in [0.717, 1.165) is 17.8 Å². The Morgan fingerprint density at radius 1 is 1.40 bits per heavy atom. The van der Waals surface area contributed by atoms with Crippen molar-refractivity contribution in [2.75, 3.05) is 0 Å². The van der Waals surface area contributed by atoms with Crippen LogP contribution in [-0.4, -0.2) is 10.1 Å². The highest BCUT2D eigenvalue weighted by Gasteiger charge is 2.18. The Bertz CT molecular complexity index is 342. The molecule has 0 saturated heterocycles. The average Bonchev–Trinajstić information content (AvgIpc) is 2.26. The number of rotatable bonds is 4. The van der Waals surface area contributed by atoms with Crippen molar-refractivity contribution < 1.29 is 5.11 Å². The summed E-state index contributed by atoms with van der Waals surface area (Å²) in [6.07, 6.45) is 5.34. The molecule has 2 heteroatoms. The van der Waals surface area contributed by atoms with Crippen molar-refractivity contribution in [1.29, 1.82) is 0 Å². The summed E-state index contributed by atoms with van der Waals surface area (Å²) < 4.78 is 0. The zero-order valence-electron chi connectivity index (χ0n) is 9.70. The molecule has 0 amide bonds. The Hall–Kier alpha value is -1.15. The standard InChI is InChI=1S/C13H19NO/c1-4-5-9-13(2,3)12-8-6-7-11(10-15)14-12/h5-9,15H,4,10H2,1-3H3/b9-5+. The van der Waals surface area contributed by atoms with Gasteiger partial charge < -0.3 is 5.11 Å². The predicted octanol–water partition coefficient (Wildman–Crippen LogP) is 2.82. The van der Waals surface area contributed by atoms with E-state index in [-0.39, 0.29) is 12.0 Å². The SMILES string of the molecule is CC/C=C/C(C)(C)c1cccc(CO)n1. The maximum absolute atomic E-state index is 9.02. The van der Waals surface area contributed by atoms with Crippen LogP contribution in [0.4, 0.5) is 0 Å². The number of allylic oxidation sites excluding steroid dienone is 2. The molecule has 15 heavy (non-hydrogen) atoms. The van der Waals surface area contributed by atoms with Crippen LogP contribution in [0.1, 0.15) is 38.6 Å². The maximum Gasteiger partial charge on any atom is 0.0853 e. The molecule has 82 valence electrons. The van der Waals surface area contributed by atoms with Gasteiger partial charge in [0.2, 0.25) is 0 Å². The van der Waals surface area contributed by atoms with Crippen LogP contribution in [0.5, 0.6) is 0 Å². The van der Waals surface area contributed by atoms with Crippen molar-refractivity contribution >= 4 is 0 Å². The second-order valence-electron chi connectivity index (χ2n) is 4.20. The lowest BCUT2D eigenvalue weighted by Gasteiger charge is -2.20. The van der Waals surface area contributed by atoms with Gasteiger partial charge in [0.15, 0.2) is 0 Å². The third-order valence-electron chi connectivity index (χ3n) is 2.40. The first kappa shape index (κ1) is 11.9. The highest BCUT2D eigenvalue weighted by atomic mass is 16.3. The highest BCUT2D eigenvalue weighted by Crippen LogP contribution is 2.23. The van der Waals surface area contributed by atoms with Gasteiger partial charge in [-0.1, -0.05) is 39.0 Å². The third kappa shape index (κ3) is 3.17. The van der Waals surface area contributed by atoms with E-state index >= 15 is 0 Å². The number of aliphatic hydroxyl groups is 1. The van der Waals surface area contributed by atoms with Crippen molar-refractivity contribution in [2.24, 2.45) is 0 Å². The minimum absolute atomic E-state index is 0.00140. The van der Waals surface area contributed by atoms with Crippen LogP contribution in [0.3, 0.4) is 0 Å². The zero-order valence-corrected chi connectivity index (χ0v) is 9.70. The molecule has 0 fully saturated rings. The average molecular weight is 205 g/mol. The van der Waals surface area contributed by atoms with Gasteiger partial charge in [-0.25, -0.2) is 0 Å². The lowest BCUT2D eigenvalue weighted by molar-refractivity contribution is 0.276. The molecule has 1 aromatic heterocycles. The molecule has 0 spiro atoms. The fourth-order valence-electron chi connectivity index (χ4n) is 1.42. The van der Waals surface area contributed by atoms with Crippen molar-refractivity contribution in [3.8, 4) is 0 Å². The molecular formula is C13H19NO. The van der Waals surface area contributed by atoms with Crippen molar-refractivity contribution in [1.82, 2.24) is 4.98 Å². The molecule has 0 aliphatic carbocycles. The first-order chi connectivity index (χ1) is 7.10. The molecule has 1 N–H and O–H groups in total. The van der Waals surface area contributed by atoms with Gasteiger partial charge in [-0.3, -0.25) is 4.98 Å². The van der Waals surface area contributed by atoms with E-state index in [4.69, 9.17) is 5.11 Å². The minimum Gasteiger partial charge on any atom is -0.390 e. The van der Waals surface area contributed by atoms with Crippen LogP contribution in [0.25, 0.3) is 0 Å². The number of aliphatic hydroxyl groups excluding tert-OH is 1. The Balaban J connectivity index is 2.98. The largest absolute Gasteiger partial charge is 0.390 e. The van der Waals surface area contributed by atoms with Gasteiger partial charge in [0, 0.05) is 5.41 Å². The first-order valence-electron chi connectivity index (χ1n) is 5.35. The fourth-order valence-corrected chi connectivity index (χ4v) is 1.42. The summed E-state index contributed by atoms with van der Waals surface area (Å²) in [5.41, 5.74) is 1.66.